The zero-order valence-corrected chi connectivity index (χ0v) is 24.7. The average Bonchev–Trinajstić information content (AvgIpc) is 2.17. The fraction of sp³-hybridized carbons (Fsp3) is 0.917. The minimum atomic E-state index is -1.68. The SMILES string of the molecule is CC(C)(C)/C=[C](/[Al]([C](C)(C)C)[C](C)(C)C)[Ge@H]([CH2]CC(C)(C)C)[C](C)(C)C. The second-order valence-electron chi connectivity index (χ2n) is 14.2. The van der Waals surface area contributed by atoms with Crippen molar-refractivity contribution in [1.29, 1.82) is 0 Å². The molecule has 0 nitrogen and oxygen atoms in total. The van der Waals surface area contributed by atoms with Crippen LogP contribution in [-0.2, 0) is 0 Å². The Morgan fingerprint density at radius 2 is 1.08 bits per heavy atom. The molecular formula is C24H51AlGe. The molecule has 0 unspecified atom stereocenters. The third kappa shape index (κ3) is 9.84. The Morgan fingerprint density at radius 3 is 1.31 bits per heavy atom. The van der Waals surface area contributed by atoms with Crippen LogP contribution in [0.15, 0.2) is 9.34 Å². The topological polar surface area (TPSA) is 0 Å². The van der Waals surface area contributed by atoms with Gasteiger partial charge in [0.1, 0.15) is 0 Å². The fourth-order valence-electron chi connectivity index (χ4n) is 4.86. The van der Waals surface area contributed by atoms with Gasteiger partial charge in [0.15, 0.2) is 0 Å². The van der Waals surface area contributed by atoms with Crippen molar-refractivity contribution in [3.8, 4) is 0 Å². The molecule has 26 heavy (non-hydrogen) atoms. The summed E-state index contributed by atoms with van der Waals surface area (Å²) in [5, 5.41) is 1.50. The molecule has 0 aromatic carbocycles. The quantitative estimate of drug-likeness (QED) is 0.385. The van der Waals surface area contributed by atoms with Crippen LogP contribution in [0.4, 0.5) is 0 Å². The molecule has 0 fully saturated rings. The first-order valence-electron chi connectivity index (χ1n) is 10.8. The summed E-state index contributed by atoms with van der Waals surface area (Å²) in [7, 11) is 0. The van der Waals surface area contributed by atoms with E-state index in [2.05, 4.69) is 110 Å². The van der Waals surface area contributed by atoms with Crippen LogP contribution in [-0.4, -0.2) is 28.5 Å². The van der Waals surface area contributed by atoms with Crippen LogP contribution < -0.4 is 0 Å². The van der Waals surface area contributed by atoms with Crippen molar-refractivity contribution in [3.63, 3.8) is 0 Å². The van der Waals surface area contributed by atoms with E-state index in [1.54, 1.807) is 0 Å². The molecule has 1 atom stereocenters. The van der Waals surface area contributed by atoms with Gasteiger partial charge in [0, 0.05) is 0 Å². The van der Waals surface area contributed by atoms with Gasteiger partial charge in [0.2, 0.25) is 0 Å². The zero-order chi connectivity index (χ0) is 21.4. The zero-order valence-electron chi connectivity index (χ0n) is 21.1. The number of hydrogen-bond acceptors (Lipinski definition) is 0. The van der Waals surface area contributed by atoms with E-state index in [1.165, 1.54) is 11.7 Å². The van der Waals surface area contributed by atoms with E-state index in [-0.39, 0.29) is 5.41 Å². The van der Waals surface area contributed by atoms with Crippen molar-refractivity contribution in [2.75, 3.05) is 0 Å². The van der Waals surface area contributed by atoms with Gasteiger partial charge in [-0.1, -0.05) is 0 Å². The molecule has 0 aromatic heterocycles. The Bertz CT molecular complexity index is 453. The molecule has 0 aliphatic heterocycles. The Labute approximate surface area is 176 Å². The van der Waals surface area contributed by atoms with Crippen LogP contribution in [0.5, 0.6) is 0 Å². The first-order chi connectivity index (χ1) is 11.1. The van der Waals surface area contributed by atoms with Gasteiger partial charge in [-0.2, -0.15) is 0 Å². The second kappa shape index (κ2) is 8.67. The Morgan fingerprint density at radius 1 is 0.692 bits per heavy atom. The standard InChI is InChI=1S/C16H33Ge.2C4H9.Al/c1-14(2,3)10-12-17(16(7,8)9)13-11-15(4,5)6;2*1-4(2)3;/h10,17H,11,13H2,1-9H3;2*1-3H3;/t17-;;;/m1.../s1. The van der Waals surface area contributed by atoms with Crippen LogP contribution in [0.2, 0.25) is 18.1 Å². The van der Waals surface area contributed by atoms with E-state index in [1.807, 2.05) is 3.27 Å². The molecule has 0 bridgehead atoms. The minimum absolute atomic E-state index is 0.285. The van der Waals surface area contributed by atoms with Gasteiger partial charge in [0.05, 0.1) is 0 Å². The van der Waals surface area contributed by atoms with Crippen molar-refractivity contribution in [1.82, 2.24) is 0 Å². The Balaban J connectivity index is 6.47. The summed E-state index contributed by atoms with van der Waals surface area (Å²) in [6, 6.07) is 0. The van der Waals surface area contributed by atoms with E-state index in [4.69, 9.17) is 0 Å². The van der Waals surface area contributed by atoms with Crippen molar-refractivity contribution in [3.05, 3.63) is 9.34 Å². The third-order valence-electron chi connectivity index (χ3n) is 5.30. The maximum absolute atomic E-state index is 2.78. The van der Waals surface area contributed by atoms with Crippen molar-refractivity contribution in [2.45, 2.75) is 128 Å². The maximum atomic E-state index is 2.78. The van der Waals surface area contributed by atoms with Gasteiger partial charge in [-0.3, -0.25) is 0 Å². The van der Waals surface area contributed by atoms with Gasteiger partial charge in [0.25, 0.3) is 0 Å². The molecule has 0 saturated carbocycles. The molecule has 0 rings (SSSR count). The molecule has 0 saturated heterocycles. The molecule has 0 spiro atoms. The van der Waals surface area contributed by atoms with Gasteiger partial charge >= 0.3 is 177 Å². The monoisotopic (exact) mass is 440 g/mol. The molecule has 0 heterocycles. The van der Waals surface area contributed by atoms with E-state index < -0.39 is 28.5 Å². The predicted molar refractivity (Wildman–Crippen MR) is 128 cm³/mol. The summed E-state index contributed by atoms with van der Waals surface area (Å²) in [6.45, 7) is 37.3. The molecule has 0 N–H and O–H groups in total. The Hall–Kier alpha value is 0.815. The van der Waals surface area contributed by atoms with Crippen molar-refractivity contribution >= 4 is 28.5 Å². The van der Waals surface area contributed by atoms with Crippen LogP contribution in [0, 0.1) is 10.8 Å². The first-order valence-corrected chi connectivity index (χ1v) is 16.7. The van der Waals surface area contributed by atoms with E-state index in [0.29, 0.717) is 18.2 Å². The van der Waals surface area contributed by atoms with E-state index in [9.17, 15) is 0 Å². The molecule has 0 aliphatic rings. The van der Waals surface area contributed by atoms with Gasteiger partial charge in [-0.25, -0.2) is 0 Å². The van der Waals surface area contributed by atoms with Crippen molar-refractivity contribution in [2.24, 2.45) is 10.8 Å². The molecule has 0 aromatic rings. The summed E-state index contributed by atoms with van der Waals surface area (Å²) < 4.78 is 3.40. The third-order valence-corrected chi connectivity index (χ3v) is 22.0. The van der Waals surface area contributed by atoms with Gasteiger partial charge in [-0.05, 0) is 0 Å². The van der Waals surface area contributed by atoms with Crippen LogP contribution in [0.1, 0.15) is 110 Å². The van der Waals surface area contributed by atoms with Crippen molar-refractivity contribution < 1.29 is 0 Å². The molecule has 154 valence electrons. The van der Waals surface area contributed by atoms with E-state index >= 15 is 0 Å². The number of hydrogen-bond donors (Lipinski definition) is 0. The van der Waals surface area contributed by atoms with Gasteiger partial charge in [-0.15, -0.1) is 0 Å². The summed E-state index contributed by atoms with van der Waals surface area (Å²) in [4.78, 5) is 0. The van der Waals surface area contributed by atoms with Crippen LogP contribution in [0.3, 0.4) is 0 Å². The van der Waals surface area contributed by atoms with Crippen LogP contribution >= 0.6 is 0 Å². The normalized spacial score (nSPS) is 16.7. The Kier molecular flexibility index (Phi) is 8.94. The van der Waals surface area contributed by atoms with Gasteiger partial charge < -0.3 is 0 Å². The molecule has 2 heteroatoms. The summed E-state index contributed by atoms with van der Waals surface area (Å²) in [6.07, 6.45) is 4.16. The number of allylic oxidation sites excluding steroid dienone is 1. The number of rotatable bonds is 4. The summed E-state index contributed by atoms with van der Waals surface area (Å²) in [5.41, 5.74) is 0.732. The summed E-state index contributed by atoms with van der Waals surface area (Å²) >= 11 is -2.81. The molecule has 0 aliphatic carbocycles. The second-order valence-corrected chi connectivity index (χ2v) is 29.2. The fourth-order valence-corrected chi connectivity index (χ4v) is 31.3. The first kappa shape index (κ1) is 26.8. The predicted octanol–water partition coefficient (Wildman–Crippen LogP) is 8.60. The van der Waals surface area contributed by atoms with Crippen LogP contribution in [0.25, 0.3) is 0 Å². The molecular weight excluding hydrogens is 388 g/mol. The summed E-state index contributed by atoms with van der Waals surface area (Å²) in [5.74, 6) is 0. The average molecular weight is 439 g/mol. The van der Waals surface area contributed by atoms with E-state index in [0.717, 1.165) is 0 Å². The molecule has 0 radical (unpaired) electrons. The molecule has 0 amide bonds.